The summed E-state index contributed by atoms with van der Waals surface area (Å²) in [5, 5.41) is 8.69. The molecule has 0 atom stereocenters. The molecular formula is C29H35N5O3. The van der Waals surface area contributed by atoms with Gasteiger partial charge in [0, 0.05) is 49.8 Å². The molecule has 3 aromatic carbocycles. The molecule has 4 rings (SSSR count). The minimum absolute atomic E-state index is 0.150. The van der Waals surface area contributed by atoms with E-state index >= 15 is 0 Å². The van der Waals surface area contributed by atoms with Gasteiger partial charge < -0.3 is 30.5 Å². The van der Waals surface area contributed by atoms with Crippen LogP contribution in [-0.2, 0) is 0 Å². The number of methoxy groups -OCH3 is 1. The Morgan fingerprint density at radius 2 is 1.43 bits per heavy atom. The molecule has 0 unspecified atom stereocenters. The third kappa shape index (κ3) is 6.73. The van der Waals surface area contributed by atoms with Crippen molar-refractivity contribution >= 4 is 34.7 Å². The van der Waals surface area contributed by atoms with Crippen molar-refractivity contribution in [2.45, 2.75) is 13.8 Å². The summed E-state index contributed by atoms with van der Waals surface area (Å²) in [4.78, 5) is 30.3. The van der Waals surface area contributed by atoms with Crippen molar-refractivity contribution in [3.05, 3.63) is 78.4 Å². The average Bonchev–Trinajstić information content (AvgIpc) is 2.92. The monoisotopic (exact) mass is 501 g/mol. The second-order valence-corrected chi connectivity index (χ2v) is 9.43. The highest BCUT2D eigenvalue weighted by Gasteiger charge is 2.24. The Kier molecular flexibility index (Phi) is 8.51. The van der Waals surface area contributed by atoms with Gasteiger partial charge in [-0.2, -0.15) is 0 Å². The summed E-state index contributed by atoms with van der Waals surface area (Å²) in [5.41, 5.74) is 3.72. The van der Waals surface area contributed by atoms with Crippen LogP contribution in [0.25, 0.3) is 0 Å². The number of rotatable bonds is 8. The maximum Gasteiger partial charge on any atom is 0.323 e. The molecular weight excluding hydrogens is 466 g/mol. The first-order valence-corrected chi connectivity index (χ1v) is 12.6. The number of carbonyl (C=O) groups excluding carboxylic acids is 2. The Balaban J connectivity index is 1.51. The standard InChI is InChI=1S/C29H35N5O3/c1-21(2)20-30-28(35)24-19-23(32-29(36)31-22-9-5-4-6-10-22)13-14-25(24)33-15-17-34(18-16-33)26-11-7-8-12-27(26)37-3/h4-14,19,21H,15-18,20H2,1-3H3,(H,30,35)(H2,31,32,36). The van der Waals surface area contributed by atoms with Gasteiger partial charge in [-0.15, -0.1) is 0 Å². The van der Waals surface area contributed by atoms with E-state index < -0.39 is 0 Å². The van der Waals surface area contributed by atoms with E-state index in [-0.39, 0.29) is 11.9 Å². The first-order valence-electron chi connectivity index (χ1n) is 12.6. The molecule has 0 saturated carbocycles. The summed E-state index contributed by atoms with van der Waals surface area (Å²) in [6.45, 7) is 7.80. The number of benzene rings is 3. The van der Waals surface area contributed by atoms with Crippen LogP contribution in [0.15, 0.2) is 72.8 Å². The van der Waals surface area contributed by atoms with Gasteiger partial charge in [0.2, 0.25) is 0 Å². The fourth-order valence-corrected chi connectivity index (χ4v) is 4.36. The van der Waals surface area contributed by atoms with Crippen molar-refractivity contribution in [3.63, 3.8) is 0 Å². The van der Waals surface area contributed by atoms with Crippen molar-refractivity contribution in [1.29, 1.82) is 0 Å². The van der Waals surface area contributed by atoms with Crippen LogP contribution in [0, 0.1) is 5.92 Å². The number of hydrogen-bond donors (Lipinski definition) is 3. The minimum atomic E-state index is -0.363. The lowest BCUT2D eigenvalue weighted by Gasteiger charge is -2.38. The molecule has 1 fully saturated rings. The Bertz CT molecular complexity index is 1210. The van der Waals surface area contributed by atoms with Gasteiger partial charge in [0.25, 0.3) is 5.91 Å². The highest BCUT2D eigenvalue weighted by molar-refractivity contribution is 6.04. The van der Waals surface area contributed by atoms with Crippen molar-refractivity contribution in [3.8, 4) is 5.75 Å². The fourth-order valence-electron chi connectivity index (χ4n) is 4.36. The average molecular weight is 502 g/mol. The largest absolute Gasteiger partial charge is 0.495 e. The van der Waals surface area contributed by atoms with E-state index in [2.05, 4.69) is 45.7 Å². The first kappa shape index (κ1) is 25.9. The van der Waals surface area contributed by atoms with Crippen LogP contribution in [0.5, 0.6) is 5.75 Å². The number of amides is 3. The van der Waals surface area contributed by atoms with E-state index in [1.54, 1.807) is 13.2 Å². The van der Waals surface area contributed by atoms with E-state index in [4.69, 9.17) is 4.74 Å². The van der Waals surface area contributed by atoms with Crippen molar-refractivity contribution in [2.75, 3.05) is 60.3 Å². The lowest BCUT2D eigenvalue weighted by atomic mass is 10.1. The molecule has 0 spiro atoms. The van der Waals surface area contributed by atoms with Gasteiger partial charge in [-0.25, -0.2) is 4.79 Å². The normalized spacial score (nSPS) is 13.3. The molecule has 1 aliphatic heterocycles. The molecule has 0 radical (unpaired) electrons. The SMILES string of the molecule is COc1ccccc1N1CCN(c2ccc(NC(=O)Nc3ccccc3)cc2C(=O)NCC(C)C)CC1. The topological polar surface area (TPSA) is 85.9 Å². The van der Waals surface area contributed by atoms with Gasteiger partial charge in [-0.1, -0.05) is 44.2 Å². The zero-order chi connectivity index (χ0) is 26.2. The van der Waals surface area contributed by atoms with Gasteiger partial charge in [-0.3, -0.25) is 4.79 Å². The fraction of sp³-hybridized carbons (Fsp3) is 0.310. The number of hydrogen-bond acceptors (Lipinski definition) is 5. The first-order chi connectivity index (χ1) is 17.9. The number of nitrogens with zero attached hydrogens (tertiary/aromatic N) is 2. The summed E-state index contributed by atoms with van der Waals surface area (Å²) in [5.74, 6) is 1.03. The lowest BCUT2D eigenvalue weighted by molar-refractivity contribution is 0.0949. The third-order valence-electron chi connectivity index (χ3n) is 6.25. The van der Waals surface area contributed by atoms with Crippen LogP contribution >= 0.6 is 0 Å². The molecule has 1 saturated heterocycles. The minimum Gasteiger partial charge on any atom is -0.495 e. The zero-order valence-corrected chi connectivity index (χ0v) is 21.7. The van der Waals surface area contributed by atoms with E-state index in [1.807, 2.05) is 60.7 Å². The smallest absolute Gasteiger partial charge is 0.323 e. The Hall–Kier alpha value is -4.20. The van der Waals surface area contributed by atoms with Gasteiger partial charge >= 0.3 is 6.03 Å². The summed E-state index contributed by atoms with van der Waals surface area (Å²) < 4.78 is 5.54. The van der Waals surface area contributed by atoms with Crippen LogP contribution in [-0.4, -0.2) is 51.8 Å². The van der Waals surface area contributed by atoms with Gasteiger partial charge in [0.15, 0.2) is 0 Å². The highest BCUT2D eigenvalue weighted by atomic mass is 16.5. The molecule has 194 valence electrons. The van der Waals surface area contributed by atoms with Crippen LogP contribution in [0.4, 0.5) is 27.5 Å². The molecule has 8 heteroatoms. The molecule has 1 aliphatic rings. The predicted octanol–water partition coefficient (Wildman–Crippen LogP) is 5.05. The number of para-hydroxylation sites is 3. The van der Waals surface area contributed by atoms with Crippen LogP contribution in [0.1, 0.15) is 24.2 Å². The maximum absolute atomic E-state index is 13.2. The molecule has 3 aromatic rings. The molecule has 1 heterocycles. The maximum atomic E-state index is 13.2. The molecule has 3 N–H and O–H groups in total. The Labute approximate surface area is 218 Å². The van der Waals surface area contributed by atoms with Gasteiger partial charge in [-0.05, 0) is 48.4 Å². The summed E-state index contributed by atoms with van der Waals surface area (Å²) in [6, 6.07) is 22.4. The Morgan fingerprint density at radius 1 is 0.811 bits per heavy atom. The summed E-state index contributed by atoms with van der Waals surface area (Å²) >= 11 is 0. The summed E-state index contributed by atoms with van der Waals surface area (Å²) in [6.07, 6.45) is 0. The van der Waals surface area contributed by atoms with Crippen LogP contribution in [0.3, 0.4) is 0 Å². The quantitative estimate of drug-likeness (QED) is 0.402. The van der Waals surface area contributed by atoms with Crippen LogP contribution in [0.2, 0.25) is 0 Å². The number of urea groups is 1. The van der Waals surface area contributed by atoms with Crippen molar-refractivity contribution in [2.24, 2.45) is 5.92 Å². The zero-order valence-electron chi connectivity index (χ0n) is 21.7. The van der Waals surface area contributed by atoms with E-state index in [9.17, 15) is 9.59 Å². The summed E-state index contributed by atoms with van der Waals surface area (Å²) in [7, 11) is 1.69. The molecule has 3 amide bonds. The Morgan fingerprint density at radius 3 is 2.11 bits per heavy atom. The van der Waals surface area contributed by atoms with Crippen molar-refractivity contribution in [1.82, 2.24) is 5.32 Å². The number of anilines is 4. The molecule has 0 bridgehead atoms. The van der Waals surface area contributed by atoms with Gasteiger partial charge in [0.05, 0.1) is 18.4 Å². The number of carbonyl (C=O) groups is 2. The highest BCUT2D eigenvalue weighted by Crippen LogP contribution is 2.31. The molecule has 8 nitrogen and oxygen atoms in total. The number of ether oxygens (including phenoxy) is 1. The second-order valence-electron chi connectivity index (χ2n) is 9.43. The van der Waals surface area contributed by atoms with E-state index in [1.165, 1.54) is 0 Å². The lowest BCUT2D eigenvalue weighted by Crippen LogP contribution is -2.47. The number of nitrogens with one attached hydrogen (secondary N) is 3. The van der Waals surface area contributed by atoms with Gasteiger partial charge in [0.1, 0.15) is 5.75 Å². The molecule has 0 aromatic heterocycles. The van der Waals surface area contributed by atoms with Crippen LogP contribution < -0.4 is 30.5 Å². The third-order valence-corrected chi connectivity index (χ3v) is 6.25. The second kappa shape index (κ2) is 12.2. The number of piperazine rings is 1. The van der Waals surface area contributed by atoms with E-state index in [0.717, 1.165) is 43.3 Å². The molecule has 37 heavy (non-hydrogen) atoms. The van der Waals surface area contributed by atoms with E-state index in [0.29, 0.717) is 29.4 Å². The molecule has 0 aliphatic carbocycles. The van der Waals surface area contributed by atoms with Crippen molar-refractivity contribution < 1.29 is 14.3 Å². The predicted molar refractivity (Wildman–Crippen MR) is 150 cm³/mol.